The van der Waals surface area contributed by atoms with Crippen LogP contribution in [-0.2, 0) is 0 Å². The highest BCUT2D eigenvalue weighted by Gasteiger charge is 1.93. The molecule has 0 N–H and O–H groups in total. The van der Waals surface area contributed by atoms with E-state index >= 15 is 0 Å². The fourth-order valence-corrected chi connectivity index (χ4v) is 1.35. The van der Waals surface area contributed by atoms with Crippen molar-refractivity contribution in [2.75, 3.05) is 13.2 Å². The van der Waals surface area contributed by atoms with E-state index in [1.807, 2.05) is 88.4 Å². The van der Waals surface area contributed by atoms with Crippen molar-refractivity contribution in [2.45, 2.75) is 27.7 Å². The molecule has 2 nitrogen and oxygen atoms in total. The molecule has 0 atom stereocenters. The summed E-state index contributed by atoms with van der Waals surface area (Å²) in [7, 11) is 0. The predicted octanol–water partition coefficient (Wildman–Crippen LogP) is 5.20. The maximum absolute atomic E-state index is 5.50. The Morgan fingerprint density at radius 2 is 0.850 bits per heavy atom. The highest BCUT2D eigenvalue weighted by Crippen LogP contribution is 2.10. The fourth-order valence-electron chi connectivity index (χ4n) is 1.35. The van der Waals surface area contributed by atoms with E-state index in [0.717, 1.165) is 11.5 Å². The van der Waals surface area contributed by atoms with Crippen LogP contribution >= 0.6 is 0 Å². The van der Waals surface area contributed by atoms with Crippen molar-refractivity contribution in [2.24, 2.45) is 0 Å². The Labute approximate surface area is 123 Å². The molecule has 0 fully saturated rings. The van der Waals surface area contributed by atoms with Gasteiger partial charge in [-0.15, -0.1) is 0 Å². The second-order valence-corrected chi connectivity index (χ2v) is 3.32. The van der Waals surface area contributed by atoms with Gasteiger partial charge in [0, 0.05) is 0 Å². The lowest BCUT2D eigenvalue weighted by atomic mass is 10.3. The summed E-state index contributed by atoms with van der Waals surface area (Å²) >= 11 is 0. The highest BCUT2D eigenvalue weighted by molar-refractivity contribution is 5.22. The van der Waals surface area contributed by atoms with E-state index in [0.29, 0.717) is 13.2 Å². The number of benzene rings is 2. The minimum absolute atomic E-state index is 0.554. The monoisotopic (exact) mass is 274 g/mol. The molecular formula is C18H26O2. The van der Waals surface area contributed by atoms with Gasteiger partial charge in [0.2, 0.25) is 0 Å². The van der Waals surface area contributed by atoms with Gasteiger partial charge in [0.05, 0.1) is 0 Å². The standard InChI is InChI=1S/C14H14O2.2C2H6/c1-3-7-13(8-4-1)15-11-12-16-14-9-5-2-6-10-14;2*1-2/h1-10H,11-12H2;2*1-2H3. The molecule has 0 heterocycles. The van der Waals surface area contributed by atoms with Crippen LogP contribution in [0.2, 0.25) is 0 Å². The number of hydrogen-bond acceptors (Lipinski definition) is 2. The normalized spacial score (nSPS) is 8.40. The summed E-state index contributed by atoms with van der Waals surface area (Å²) in [6.07, 6.45) is 0. The van der Waals surface area contributed by atoms with Gasteiger partial charge < -0.3 is 9.47 Å². The van der Waals surface area contributed by atoms with Crippen LogP contribution in [0.4, 0.5) is 0 Å². The molecule has 0 bridgehead atoms. The smallest absolute Gasteiger partial charge is 0.122 e. The first-order valence-corrected chi connectivity index (χ1v) is 7.31. The molecule has 110 valence electrons. The summed E-state index contributed by atoms with van der Waals surface area (Å²) in [4.78, 5) is 0. The van der Waals surface area contributed by atoms with Crippen LogP contribution in [0.15, 0.2) is 60.7 Å². The van der Waals surface area contributed by atoms with E-state index in [1.54, 1.807) is 0 Å². The van der Waals surface area contributed by atoms with E-state index in [4.69, 9.17) is 9.47 Å². The molecular weight excluding hydrogens is 248 g/mol. The number of ether oxygens (including phenoxy) is 2. The zero-order chi connectivity index (χ0) is 15.1. The summed E-state index contributed by atoms with van der Waals surface area (Å²) in [6, 6.07) is 19.5. The first-order chi connectivity index (χ1) is 9.95. The topological polar surface area (TPSA) is 18.5 Å². The molecule has 2 aromatic rings. The van der Waals surface area contributed by atoms with E-state index in [9.17, 15) is 0 Å². The second kappa shape index (κ2) is 13.5. The van der Waals surface area contributed by atoms with Crippen molar-refractivity contribution >= 4 is 0 Å². The Morgan fingerprint density at radius 3 is 1.15 bits per heavy atom. The Kier molecular flexibility index (Phi) is 12.2. The van der Waals surface area contributed by atoms with Crippen molar-refractivity contribution in [3.8, 4) is 11.5 Å². The van der Waals surface area contributed by atoms with E-state index in [-0.39, 0.29) is 0 Å². The first kappa shape index (κ1) is 18.0. The number of rotatable bonds is 5. The number of para-hydroxylation sites is 2. The molecule has 0 aliphatic carbocycles. The van der Waals surface area contributed by atoms with Gasteiger partial charge in [-0.3, -0.25) is 0 Å². The highest BCUT2D eigenvalue weighted by atomic mass is 16.5. The second-order valence-electron chi connectivity index (χ2n) is 3.32. The Morgan fingerprint density at radius 1 is 0.550 bits per heavy atom. The lowest BCUT2D eigenvalue weighted by Gasteiger charge is -2.07. The lowest BCUT2D eigenvalue weighted by Crippen LogP contribution is -2.08. The summed E-state index contributed by atoms with van der Waals surface area (Å²) in [5, 5.41) is 0. The van der Waals surface area contributed by atoms with Gasteiger partial charge >= 0.3 is 0 Å². The predicted molar refractivity (Wildman–Crippen MR) is 86.6 cm³/mol. The minimum atomic E-state index is 0.554. The Bertz CT molecular complexity index is 357. The van der Waals surface area contributed by atoms with Crippen LogP contribution < -0.4 is 9.47 Å². The van der Waals surface area contributed by atoms with E-state index in [2.05, 4.69) is 0 Å². The third-order valence-electron chi connectivity index (χ3n) is 2.11. The van der Waals surface area contributed by atoms with Gasteiger partial charge in [-0.1, -0.05) is 64.1 Å². The molecule has 2 aromatic carbocycles. The van der Waals surface area contributed by atoms with Crippen LogP contribution in [0.3, 0.4) is 0 Å². The van der Waals surface area contributed by atoms with Gasteiger partial charge in [-0.25, -0.2) is 0 Å². The Balaban J connectivity index is 0.000000829. The maximum Gasteiger partial charge on any atom is 0.122 e. The third-order valence-corrected chi connectivity index (χ3v) is 2.11. The van der Waals surface area contributed by atoms with Gasteiger partial charge in [-0.05, 0) is 24.3 Å². The average molecular weight is 274 g/mol. The van der Waals surface area contributed by atoms with Crippen molar-refractivity contribution in [1.82, 2.24) is 0 Å². The molecule has 2 rings (SSSR count). The molecule has 2 heteroatoms. The van der Waals surface area contributed by atoms with Crippen LogP contribution in [-0.4, -0.2) is 13.2 Å². The van der Waals surface area contributed by atoms with Crippen LogP contribution in [0.25, 0.3) is 0 Å². The minimum Gasteiger partial charge on any atom is -0.490 e. The summed E-state index contributed by atoms with van der Waals surface area (Å²) in [5.41, 5.74) is 0. The van der Waals surface area contributed by atoms with Gasteiger partial charge in [0.15, 0.2) is 0 Å². The quantitative estimate of drug-likeness (QED) is 0.698. The van der Waals surface area contributed by atoms with E-state index in [1.165, 1.54) is 0 Å². The van der Waals surface area contributed by atoms with Gasteiger partial charge in [0.1, 0.15) is 24.7 Å². The fraction of sp³-hybridized carbons (Fsp3) is 0.333. The molecule has 0 radical (unpaired) electrons. The third kappa shape index (κ3) is 8.20. The molecule has 0 saturated heterocycles. The first-order valence-electron chi connectivity index (χ1n) is 7.31. The lowest BCUT2D eigenvalue weighted by molar-refractivity contribution is 0.217. The maximum atomic E-state index is 5.50. The molecule has 0 spiro atoms. The molecule has 20 heavy (non-hydrogen) atoms. The van der Waals surface area contributed by atoms with Crippen molar-refractivity contribution in [1.29, 1.82) is 0 Å². The van der Waals surface area contributed by atoms with Gasteiger partial charge in [-0.2, -0.15) is 0 Å². The summed E-state index contributed by atoms with van der Waals surface area (Å²) < 4.78 is 11.0. The number of hydrogen-bond donors (Lipinski definition) is 0. The largest absolute Gasteiger partial charge is 0.490 e. The van der Waals surface area contributed by atoms with Crippen molar-refractivity contribution in [3.05, 3.63) is 60.7 Å². The molecule has 0 unspecified atom stereocenters. The SMILES string of the molecule is CC.CC.c1ccc(OCCOc2ccccc2)cc1. The zero-order valence-electron chi connectivity index (χ0n) is 13.0. The van der Waals surface area contributed by atoms with Crippen LogP contribution in [0.1, 0.15) is 27.7 Å². The van der Waals surface area contributed by atoms with Crippen LogP contribution in [0.5, 0.6) is 11.5 Å². The Hall–Kier alpha value is -1.96. The van der Waals surface area contributed by atoms with Crippen molar-refractivity contribution < 1.29 is 9.47 Å². The summed E-state index contributed by atoms with van der Waals surface area (Å²) in [5.74, 6) is 1.75. The van der Waals surface area contributed by atoms with E-state index < -0.39 is 0 Å². The molecule has 0 amide bonds. The molecule has 0 aliphatic rings. The van der Waals surface area contributed by atoms with Crippen molar-refractivity contribution in [3.63, 3.8) is 0 Å². The summed E-state index contributed by atoms with van der Waals surface area (Å²) in [6.45, 7) is 9.11. The molecule has 0 aromatic heterocycles. The average Bonchev–Trinajstić information content (AvgIpc) is 2.57. The zero-order valence-corrected chi connectivity index (χ0v) is 13.0. The molecule has 0 aliphatic heterocycles. The molecule has 0 saturated carbocycles. The van der Waals surface area contributed by atoms with Gasteiger partial charge in [0.25, 0.3) is 0 Å². The van der Waals surface area contributed by atoms with Crippen LogP contribution in [0, 0.1) is 0 Å².